The van der Waals surface area contributed by atoms with Gasteiger partial charge in [-0.15, -0.1) is 0 Å². The number of benzene rings is 4. The molecule has 4 aromatic carbocycles. The summed E-state index contributed by atoms with van der Waals surface area (Å²) in [5.41, 5.74) is 19.1. The molecular formula is C33H34N6O6. The Bertz CT molecular complexity index is 1530. The summed E-state index contributed by atoms with van der Waals surface area (Å²) in [6, 6.07) is 25.7. The van der Waals surface area contributed by atoms with Crippen molar-refractivity contribution >= 4 is 46.1 Å². The van der Waals surface area contributed by atoms with Crippen molar-refractivity contribution < 1.29 is 29.3 Å². The van der Waals surface area contributed by atoms with Crippen LogP contribution < -0.4 is 31.9 Å². The number of hydrazine groups is 4. The van der Waals surface area contributed by atoms with E-state index in [4.69, 9.17) is 9.47 Å². The van der Waals surface area contributed by atoms with E-state index in [0.717, 1.165) is 33.9 Å². The minimum atomic E-state index is -0.353. The first-order valence-electron chi connectivity index (χ1n) is 14.7. The van der Waals surface area contributed by atoms with Crippen LogP contribution in [0.1, 0.15) is 30.4 Å². The largest absolute Gasteiger partial charge is 0.506 e. The lowest BCUT2D eigenvalue weighted by molar-refractivity contribution is -0.146. The third kappa shape index (κ3) is 7.07. The number of hydrogen-bond acceptors (Lipinski definition) is 12. The van der Waals surface area contributed by atoms with Crippen LogP contribution in [0.4, 0.5) is 34.1 Å². The van der Waals surface area contributed by atoms with Crippen LogP contribution in [-0.2, 0) is 31.9 Å². The van der Waals surface area contributed by atoms with Gasteiger partial charge in [0.05, 0.1) is 36.0 Å². The molecule has 0 bridgehead atoms. The van der Waals surface area contributed by atoms with E-state index >= 15 is 0 Å². The summed E-state index contributed by atoms with van der Waals surface area (Å²) >= 11 is 0. The van der Waals surface area contributed by atoms with Crippen LogP contribution in [0.2, 0.25) is 0 Å². The molecule has 0 saturated carbocycles. The van der Waals surface area contributed by atoms with Crippen molar-refractivity contribution in [2.75, 3.05) is 45.2 Å². The zero-order valence-electron chi connectivity index (χ0n) is 24.5. The summed E-state index contributed by atoms with van der Waals surface area (Å²) in [5, 5.41) is 24.0. The lowest BCUT2D eigenvalue weighted by Gasteiger charge is -2.20. The normalized spacial score (nSPS) is 12.7. The van der Waals surface area contributed by atoms with Gasteiger partial charge in [-0.1, -0.05) is 36.4 Å². The van der Waals surface area contributed by atoms with Crippen molar-refractivity contribution in [3.05, 3.63) is 96.1 Å². The number of para-hydroxylation sites is 4. The fourth-order valence-electron chi connectivity index (χ4n) is 5.01. The molecule has 2 aliphatic heterocycles. The van der Waals surface area contributed by atoms with Crippen molar-refractivity contribution in [3.63, 3.8) is 0 Å². The molecule has 12 heteroatoms. The smallest absolute Gasteiger partial charge is 0.306 e. The van der Waals surface area contributed by atoms with Crippen LogP contribution in [0, 0.1) is 0 Å². The Morgan fingerprint density at radius 2 is 0.956 bits per heavy atom. The van der Waals surface area contributed by atoms with E-state index in [1.54, 1.807) is 34.5 Å². The zero-order valence-corrected chi connectivity index (χ0v) is 24.5. The van der Waals surface area contributed by atoms with E-state index in [-0.39, 0.29) is 49.5 Å². The average molecular weight is 611 g/mol. The van der Waals surface area contributed by atoms with Crippen molar-refractivity contribution in [1.82, 2.24) is 0 Å². The summed E-state index contributed by atoms with van der Waals surface area (Å²) in [6.45, 7) is 0.290. The monoisotopic (exact) mass is 610 g/mol. The van der Waals surface area contributed by atoms with E-state index in [1.807, 2.05) is 60.7 Å². The molecule has 4 aromatic rings. The van der Waals surface area contributed by atoms with Gasteiger partial charge in [-0.05, 0) is 72.5 Å². The average Bonchev–Trinajstić information content (AvgIpc) is 3.68. The van der Waals surface area contributed by atoms with Crippen molar-refractivity contribution in [1.29, 1.82) is 0 Å². The summed E-state index contributed by atoms with van der Waals surface area (Å²) in [7, 11) is 0. The Balaban J connectivity index is 0.877. The number of aryl methyl sites for hydroxylation is 2. The van der Waals surface area contributed by atoms with Crippen molar-refractivity contribution in [2.24, 2.45) is 0 Å². The molecule has 0 atom stereocenters. The second-order valence-electron chi connectivity index (χ2n) is 10.6. The number of carbonyl (C=O) groups is 2. The van der Waals surface area contributed by atoms with Gasteiger partial charge < -0.3 is 19.7 Å². The maximum absolute atomic E-state index is 12.3. The van der Waals surface area contributed by atoms with E-state index in [9.17, 15) is 19.8 Å². The third-order valence-corrected chi connectivity index (χ3v) is 7.39. The number of ether oxygens (including phenoxy) is 2. The maximum Gasteiger partial charge on any atom is 0.306 e. The maximum atomic E-state index is 12.3. The quantitative estimate of drug-likeness (QED) is 0.0891. The number of aromatic hydroxyl groups is 2. The molecule has 232 valence electrons. The number of nitrogens with zero attached hydrogens (tertiary/aromatic N) is 2. The molecule has 2 heterocycles. The number of fused-ring (bicyclic) bond motifs is 2. The fourth-order valence-corrected chi connectivity index (χ4v) is 5.01. The highest BCUT2D eigenvalue weighted by Gasteiger charge is 2.22. The number of esters is 2. The Hall–Kier alpha value is -5.78. The van der Waals surface area contributed by atoms with Crippen molar-refractivity contribution in [3.8, 4) is 11.5 Å². The lowest BCUT2D eigenvalue weighted by Crippen LogP contribution is -2.29. The first-order chi connectivity index (χ1) is 21.9. The minimum Gasteiger partial charge on any atom is -0.506 e. The van der Waals surface area contributed by atoms with Crippen LogP contribution in [-0.4, -0.2) is 35.4 Å². The van der Waals surface area contributed by atoms with Crippen LogP contribution in [0.25, 0.3) is 0 Å². The number of phenolic OH excluding ortho intramolecular Hbond substituents is 2. The lowest BCUT2D eigenvalue weighted by atomic mass is 10.1. The Morgan fingerprint density at radius 3 is 1.33 bits per heavy atom. The second-order valence-corrected chi connectivity index (χ2v) is 10.6. The van der Waals surface area contributed by atoms with Crippen molar-refractivity contribution in [2.45, 2.75) is 32.1 Å². The van der Waals surface area contributed by atoms with Gasteiger partial charge in [-0.25, -0.2) is 0 Å². The molecule has 0 aliphatic carbocycles. The summed E-state index contributed by atoms with van der Waals surface area (Å²) < 4.78 is 10.6. The molecule has 45 heavy (non-hydrogen) atoms. The summed E-state index contributed by atoms with van der Waals surface area (Å²) in [6.07, 6.45) is 1.63. The predicted molar refractivity (Wildman–Crippen MR) is 172 cm³/mol. The molecule has 0 aromatic heterocycles. The molecule has 0 fully saturated rings. The van der Waals surface area contributed by atoms with E-state index in [0.29, 0.717) is 30.6 Å². The first-order valence-corrected chi connectivity index (χ1v) is 14.7. The van der Waals surface area contributed by atoms with Gasteiger partial charge in [0.2, 0.25) is 0 Å². The number of rotatable bonds is 12. The molecule has 0 radical (unpaired) electrons. The molecule has 6 N–H and O–H groups in total. The number of anilines is 6. The zero-order chi connectivity index (χ0) is 31.2. The molecule has 0 amide bonds. The fraction of sp³-hybridized carbons (Fsp3) is 0.212. The SMILES string of the molecule is O=C(CCc1ccc(O)c(N2Nc3ccccc3N2)c1)OCCCOC(=O)CCc1ccc(O)c(N2Nc3ccccc3N2)c1. The highest BCUT2D eigenvalue weighted by Crippen LogP contribution is 2.37. The van der Waals surface area contributed by atoms with Gasteiger partial charge in [0.1, 0.15) is 22.9 Å². The number of nitrogens with one attached hydrogen (secondary N) is 4. The number of carbonyl (C=O) groups excluding carboxylic acids is 2. The molecular weight excluding hydrogens is 576 g/mol. The molecule has 0 unspecified atom stereocenters. The van der Waals surface area contributed by atoms with Gasteiger partial charge in [0, 0.05) is 19.3 Å². The molecule has 2 aliphatic rings. The topological polar surface area (TPSA) is 148 Å². The predicted octanol–water partition coefficient (Wildman–Crippen LogP) is 5.49. The Kier molecular flexibility index (Phi) is 8.63. The highest BCUT2D eigenvalue weighted by molar-refractivity contribution is 5.82. The van der Waals surface area contributed by atoms with Crippen LogP contribution in [0.15, 0.2) is 84.9 Å². The van der Waals surface area contributed by atoms with E-state index in [2.05, 4.69) is 21.7 Å². The van der Waals surface area contributed by atoms with E-state index < -0.39 is 0 Å². The highest BCUT2D eigenvalue weighted by atomic mass is 16.5. The summed E-state index contributed by atoms with van der Waals surface area (Å²) in [5.74, 6) is -0.512. The Labute approximate surface area is 260 Å². The first kappa shape index (κ1) is 29.3. The summed E-state index contributed by atoms with van der Waals surface area (Å²) in [4.78, 5) is 24.6. The minimum absolute atomic E-state index is 0.0968. The van der Waals surface area contributed by atoms with Gasteiger partial charge in [-0.2, -0.15) is 10.2 Å². The molecule has 12 nitrogen and oxygen atoms in total. The van der Waals surface area contributed by atoms with Crippen LogP contribution in [0.5, 0.6) is 11.5 Å². The standard InChI is InChI=1S/C33H34N6O6/c40-30-14-10-22(20-28(30)38-34-24-6-1-2-7-25(24)35-38)12-16-32(42)44-18-5-19-45-33(43)17-13-23-11-15-31(41)29(21-23)39-36-26-8-3-4-9-27(26)37-39/h1-4,6-11,14-15,20-21,34-37,40-41H,5,12-13,16-19H2. The van der Waals surface area contributed by atoms with Crippen LogP contribution in [0.3, 0.4) is 0 Å². The number of phenols is 2. The van der Waals surface area contributed by atoms with Gasteiger partial charge >= 0.3 is 11.9 Å². The molecule has 6 rings (SSSR count). The second kappa shape index (κ2) is 13.2. The number of hydrogen-bond donors (Lipinski definition) is 6. The Morgan fingerprint density at radius 1 is 0.578 bits per heavy atom. The van der Waals surface area contributed by atoms with Gasteiger partial charge in [0.15, 0.2) is 0 Å². The van der Waals surface area contributed by atoms with E-state index in [1.165, 1.54) is 0 Å². The van der Waals surface area contributed by atoms with Gasteiger partial charge in [-0.3, -0.25) is 31.3 Å². The molecule has 0 saturated heterocycles. The molecule has 0 spiro atoms. The van der Waals surface area contributed by atoms with Gasteiger partial charge in [0.25, 0.3) is 0 Å². The van der Waals surface area contributed by atoms with Crippen LogP contribution >= 0.6 is 0 Å². The third-order valence-electron chi connectivity index (χ3n) is 7.39.